The second-order valence-corrected chi connectivity index (χ2v) is 9.42. The van der Waals surface area contributed by atoms with Gasteiger partial charge in [-0.05, 0) is 69.6 Å². The molecule has 8 nitrogen and oxygen atoms in total. The highest BCUT2D eigenvalue weighted by molar-refractivity contribution is 5.98. The first-order chi connectivity index (χ1) is 16.5. The Morgan fingerprint density at radius 3 is 2.47 bits per heavy atom. The van der Waals surface area contributed by atoms with Crippen LogP contribution in [0.4, 0.5) is 0 Å². The van der Waals surface area contributed by atoms with Gasteiger partial charge in [-0.2, -0.15) is 0 Å². The Hall–Kier alpha value is -2.77. The summed E-state index contributed by atoms with van der Waals surface area (Å²) in [5, 5.41) is 0. The minimum atomic E-state index is -0.556. The van der Waals surface area contributed by atoms with Crippen molar-refractivity contribution in [3.8, 4) is 11.5 Å². The van der Waals surface area contributed by atoms with E-state index >= 15 is 0 Å². The van der Waals surface area contributed by atoms with Crippen molar-refractivity contribution in [3.63, 3.8) is 0 Å². The molecule has 2 heterocycles. The van der Waals surface area contributed by atoms with Crippen LogP contribution in [0, 0.1) is 5.92 Å². The molecular weight excluding hydrogens is 436 g/mol. The molecule has 8 heteroatoms. The van der Waals surface area contributed by atoms with Gasteiger partial charge in [-0.25, -0.2) is 4.79 Å². The van der Waals surface area contributed by atoms with Crippen LogP contribution in [-0.4, -0.2) is 73.1 Å². The molecule has 0 bridgehead atoms. The third-order valence-corrected chi connectivity index (χ3v) is 7.35. The molecule has 3 fully saturated rings. The van der Waals surface area contributed by atoms with Crippen molar-refractivity contribution in [1.82, 2.24) is 9.80 Å². The number of amides is 2. The Labute approximate surface area is 201 Å². The first-order valence-electron chi connectivity index (χ1n) is 12.6. The highest BCUT2D eigenvalue weighted by Crippen LogP contribution is 2.41. The zero-order chi connectivity index (χ0) is 24.1. The number of benzene rings is 1. The van der Waals surface area contributed by atoms with Crippen molar-refractivity contribution >= 4 is 17.8 Å². The highest BCUT2D eigenvalue weighted by atomic mass is 16.5. The lowest BCUT2D eigenvalue weighted by Crippen LogP contribution is -2.46. The van der Waals surface area contributed by atoms with Gasteiger partial charge in [-0.15, -0.1) is 0 Å². The number of nitrogens with zero attached hydrogens (tertiary/aromatic N) is 2. The molecule has 3 unspecified atom stereocenters. The number of carbonyl (C=O) groups excluding carboxylic acids is 3. The Balaban J connectivity index is 1.51. The van der Waals surface area contributed by atoms with Gasteiger partial charge in [0.1, 0.15) is 6.04 Å². The number of piperidine rings is 1. The van der Waals surface area contributed by atoms with E-state index in [0.717, 1.165) is 58.0 Å². The number of likely N-dealkylation sites (tertiary alicyclic amines) is 2. The molecule has 186 valence electrons. The van der Waals surface area contributed by atoms with E-state index in [1.807, 2.05) is 11.8 Å². The van der Waals surface area contributed by atoms with Gasteiger partial charge in [0.15, 0.2) is 18.1 Å². The summed E-state index contributed by atoms with van der Waals surface area (Å²) < 4.78 is 16.6. The lowest BCUT2D eigenvalue weighted by atomic mass is 9.84. The lowest BCUT2D eigenvalue weighted by Gasteiger charge is -2.33. The van der Waals surface area contributed by atoms with E-state index in [4.69, 9.17) is 14.2 Å². The first kappa shape index (κ1) is 24.4. The van der Waals surface area contributed by atoms with Crippen molar-refractivity contribution in [2.45, 2.75) is 70.4 Å². The molecule has 1 saturated carbocycles. The summed E-state index contributed by atoms with van der Waals surface area (Å²) in [6.45, 7) is 3.74. The Kier molecular flexibility index (Phi) is 7.95. The van der Waals surface area contributed by atoms with E-state index in [-0.39, 0.29) is 30.4 Å². The molecule has 0 spiro atoms. The predicted octanol–water partition coefficient (Wildman–Crippen LogP) is 3.42. The quantitative estimate of drug-likeness (QED) is 0.566. The molecule has 1 aliphatic carbocycles. The van der Waals surface area contributed by atoms with Crippen LogP contribution in [0.15, 0.2) is 18.2 Å². The standard InChI is InChI=1S/C26H36N2O6/c1-3-33-23-16-19(11-12-22(23)34-17-24(29)27-13-7-4-8-14-27)25(30)28-20-10-6-5-9-18(20)15-21(28)26(31)32-2/h11-12,16,18,20-21H,3-10,13-15,17H2,1-2H3. The molecular formula is C26H36N2O6. The molecule has 3 atom stereocenters. The molecule has 2 aliphatic heterocycles. The number of carbonyl (C=O) groups is 3. The average Bonchev–Trinajstić information content (AvgIpc) is 3.27. The van der Waals surface area contributed by atoms with Crippen molar-refractivity contribution in [3.05, 3.63) is 23.8 Å². The molecule has 3 aliphatic rings. The summed E-state index contributed by atoms with van der Waals surface area (Å²) in [6, 6.07) is 4.54. The zero-order valence-electron chi connectivity index (χ0n) is 20.3. The van der Waals surface area contributed by atoms with Crippen LogP contribution < -0.4 is 9.47 Å². The fraction of sp³-hybridized carbons (Fsp3) is 0.654. The Morgan fingerprint density at radius 2 is 1.74 bits per heavy atom. The van der Waals surface area contributed by atoms with Gasteiger partial charge in [0, 0.05) is 24.7 Å². The van der Waals surface area contributed by atoms with Crippen molar-refractivity contribution < 1.29 is 28.6 Å². The van der Waals surface area contributed by atoms with Gasteiger partial charge < -0.3 is 24.0 Å². The first-order valence-corrected chi connectivity index (χ1v) is 12.6. The molecule has 2 saturated heterocycles. The van der Waals surface area contributed by atoms with E-state index in [1.165, 1.54) is 7.11 Å². The van der Waals surface area contributed by atoms with E-state index in [2.05, 4.69) is 0 Å². The van der Waals surface area contributed by atoms with Crippen LogP contribution in [0.25, 0.3) is 0 Å². The van der Waals surface area contributed by atoms with E-state index in [9.17, 15) is 14.4 Å². The summed E-state index contributed by atoms with van der Waals surface area (Å²) >= 11 is 0. The van der Waals surface area contributed by atoms with Crippen molar-refractivity contribution in [1.29, 1.82) is 0 Å². The molecule has 1 aromatic rings. The van der Waals surface area contributed by atoms with E-state index in [1.54, 1.807) is 23.1 Å². The van der Waals surface area contributed by atoms with Crippen LogP contribution in [0.1, 0.15) is 68.6 Å². The summed E-state index contributed by atoms with van der Waals surface area (Å²) in [6.07, 6.45) is 7.99. The van der Waals surface area contributed by atoms with Gasteiger partial charge in [0.25, 0.3) is 11.8 Å². The topological polar surface area (TPSA) is 85.4 Å². The number of ether oxygens (including phenoxy) is 3. The lowest BCUT2D eigenvalue weighted by molar-refractivity contribution is -0.145. The molecule has 0 radical (unpaired) electrons. The number of rotatable bonds is 7. The summed E-state index contributed by atoms with van der Waals surface area (Å²) in [7, 11) is 1.37. The number of methoxy groups -OCH3 is 1. The van der Waals surface area contributed by atoms with Crippen LogP contribution in [0.3, 0.4) is 0 Å². The predicted molar refractivity (Wildman–Crippen MR) is 126 cm³/mol. The van der Waals surface area contributed by atoms with Crippen LogP contribution in [-0.2, 0) is 14.3 Å². The normalized spacial score (nSPS) is 24.4. The zero-order valence-corrected chi connectivity index (χ0v) is 20.3. The maximum Gasteiger partial charge on any atom is 0.328 e. The summed E-state index contributed by atoms with van der Waals surface area (Å²) in [4.78, 5) is 42.2. The van der Waals surface area contributed by atoms with Gasteiger partial charge in [0.2, 0.25) is 0 Å². The van der Waals surface area contributed by atoms with Gasteiger partial charge in [0.05, 0.1) is 13.7 Å². The molecule has 34 heavy (non-hydrogen) atoms. The minimum absolute atomic E-state index is 0.0383. The fourth-order valence-electron chi connectivity index (χ4n) is 5.65. The minimum Gasteiger partial charge on any atom is -0.490 e. The fourth-order valence-corrected chi connectivity index (χ4v) is 5.65. The van der Waals surface area contributed by atoms with Gasteiger partial charge in [-0.3, -0.25) is 9.59 Å². The average molecular weight is 473 g/mol. The smallest absolute Gasteiger partial charge is 0.328 e. The molecule has 0 aromatic heterocycles. The Bertz CT molecular complexity index is 897. The monoisotopic (exact) mass is 472 g/mol. The van der Waals surface area contributed by atoms with Crippen molar-refractivity contribution in [2.24, 2.45) is 5.92 Å². The Morgan fingerprint density at radius 1 is 0.971 bits per heavy atom. The van der Waals surface area contributed by atoms with Gasteiger partial charge >= 0.3 is 5.97 Å². The number of esters is 1. The maximum atomic E-state index is 13.6. The summed E-state index contributed by atoms with van der Waals surface area (Å²) in [5.74, 6) is 0.602. The van der Waals surface area contributed by atoms with Crippen LogP contribution >= 0.6 is 0 Å². The van der Waals surface area contributed by atoms with Crippen LogP contribution in [0.2, 0.25) is 0 Å². The van der Waals surface area contributed by atoms with Crippen LogP contribution in [0.5, 0.6) is 11.5 Å². The number of hydrogen-bond acceptors (Lipinski definition) is 6. The largest absolute Gasteiger partial charge is 0.490 e. The number of fused-ring (bicyclic) bond motifs is 1. The molecule has 4 rings (SSSR count). The third kappa shape index (κ3) is 5.15. The second kappa shape index (κ2) is 11.1. The van der Waals surface area contributed by atoms with E-state index < -0.39 is 6.04 Å². The molecule has 1 aromatic carbocycles. The third-order valence-electron chi connectivity index (χ3n) is 7.35. The SMILES string of the molecule is CCOc1cc(C(=O)N2C(C(=O)OC)CC3CCCCC32)ccc1OCC(=O)N1CCCCC1. The highest BCUT2D eigenvalue weighted by Gasteiger charge is 2.48. The van der Waals surface area contributed by atoms with Gasteiger partial charge in [-0.1, -0.05) is 12.8 Å². The molecule has 0 N–H and O–H groups in total. The number of hydrogen-bond donors (Lipinski definition) is 0. The van der Waals surface area contributed by atoms with Crippen molar-refractivity contribution in [2.75, 3.05) is 33.4 Å². The summed E-state index contributed by atoms with van der Waals surface area (Å²) in [5.41, 5.74) is 0.443. The maximum absolute atomic E-state index is 13.6. The second-order valence-electron chi connectivity index (χ2n) is 9.42. The molecule has 2 amide bonds. The van der Waals surface area contributed by atoms with E-state index in [0.29, 0.717) is 36.0 Å².